The summed E-state index contributed by atoms with van der Waals surface area (Å²) in [6, 6.07) is 1.52. The van der Waals surface area contributed by atoms with E-state index in [-0.39, 0.29) is 5.56 Å². The van der Waals surface area contributed by atoms with Crippen molar-refractivity contribution in [3.8, 4) is 0 Å². The zero-order valence-electron chi connectivity index (χ0n) is 10.4. The van der Waals surface area contributed by atoms with Crippen molar-refractivity contribution >= 4 is 17.6 Å². The molecule has 1 aromatic rings. The van der Waals surface area contributed by atoms with Crippen molar-refractivity contribution < 1.29 is 0 Å². The van der Waals surface area contributed by atoms with E-state index in [0.717, 1.165) is 6.54 Å². The van der Waals surface area contributed by atoms with Crippen molar-refractivity contribution in [2.75, 3.05) is 18.1 Å². The molecule has 1 aliphatic rings. The maximum atomic E-state index is 11.3. The standard InChI is InChI=1S/C12H19N3OS/c1-9-14-10(7-11(16)15-9)13-8-12(17-2)5-3-4-6-12/h7H,3-6,8H2,1-2H3,(H2,13,14,15,16). The average Bonchev–Trinajstić information content (AvgIpc) is 2.74. The van der Waals surface area contributed by atoms with Crippen LogP contribution >= 0.6 is 11.8 Å². The number of H-pyrrole nitrogens is 1. The van der Waals surface area contributed by atoms with Crippen LogP contribution < -0.4 is 10.9 Å². The minimum Gasteiger partial charge on any atom is -0.368 e. The third-order valence-corrected chi connectivity index (χ3v) is 4.82. The van der Waals surface area contributed by atoms with Crippen LogP contribution in [0.4, 0.5) is 5.82 Å². The van der Waals surface area contributed by atoms with Gasteiger partial charge < -0.3 is 10.3 Å². The number of aromatic nitrogens is 2. The second kappa shape index (κ2) is 5.12. The summed E-state index contributed by atoms with van der Waals surface area (Å²) in [6.07, 6.45) is 7.30. The van der Waals surface area contributed by atoms with Crippen LogP contribution in [0.1, 0.15) is 31.5 Å². The number of nitrogens with zero attached hydrogens (tertiary/aromatic N) is 1. The van der Waals surface area contributed by atoms with Crippen LogP contribution in [0, 0.1) is 6.92 Å². The molecule has 1 aliphatic carbocycles. The van der Waals surface area contributed by atoms with Gasteiger partial charge in [0.25, 0.3) is 5.56 Å². The molecule has 0 saturated heterocycles. The Bertz CT molecular complexity index is 438. The molecule has 0 atom stereocenters. The minimum absolute atomic E-state index is 0.0929. The van der Waals surface area contributed by atoms with Crippen molar-refractivity contribution in [1.29, 1.82) is 0 Å². The van der Waals surface area contributed by atoms with Gasteiger partial charge in [0.15, 0.2) is 0 Å². The molecule has 94 valence electrons. The van der Waals surface area contributed by atoms with Gasteiger partial charge in [-0.15, -0.1) is 0 Å². The fourth-order valence-corrected chi connectivity index (χ4v) is 3.31. The summed E-state index contributed by atoms with van der Waals surface area (Å²) in [5, 5.41) is 3.31. The van der Waals surface area contributed by atoms with Gasteiger partial charge in [-0.3, -0.25) is 4.79 Å². The SMILES string of the molecule is CSC1(CNc2cc(=O)[nH]c(C)n2)CCCC1. The summed E-state index contributed by atoms with van der Waals surface area (Å²) in [7, 11) is 0. The van der Waals surface area contributed by atoms with Crippen LogP contribution in [0.15, 0.2) is 10.9 Å². The van der Waals surface area contributed by atoms with Crippen LogP contribution in [0.2, 0.25) is 0 Å². The highest BCUT2D eigenvalue weighted by Gasteiger charge is 2.32. The van der Waals surface area contributed by atoms with E-state index in [1.807, 2.05) is 11.8 Å². The first-order valence-corrected chi connectivity index (χ1v) is 7.23. The lowest BCUT2D eigenvalue weighted by atomic mass is 10.1. The Morgan fingerprint density at radius 3 is 2.82 bits per heavy atom. The lowest BCUT2D eigenvalue weighted by Crippen LogP contribution is -2.30. The maximum absolute atomic E-state index is 11.3. The Kier molecular flexibility index (Phi) is 3.76. The topological polar surface area (TPSA) is 57.8 Å². The first-order chi connectivity index (χ1) is 8.13. The fourth-order valence-electron chi connectivity index (χ4n) is 2.39. The second-order valence-electron chi connectivity index (χ2n) is 4.66. The number of hydrogen-bond donors (Lipinski definition) is 2. The Morgan fingerprint density at radius 2 is 2.24 bits per heavy atom. The van der Waals surface area contributed by atoms with Crippen LogP contribution in [0.5, 0.6) is 0 Å². The van der Waals surface area contributed by atoms with Gasteiger partial charge in [0, 0.05) is 17.4 Å². The highest BCUT2D eigenvalue weighted by atomic mass is 32.2. The summed E-state index contributed by atoms with van der Waals surface area (Å²) in [5.41, 5.74) is -0.0929. The molecule has 17 heavy (non-hydrogen) atoms. The molecule has 1 heterocycles. The molecule has 0 aliphatic heterocycles. The average molecular weight is 253 g/mol. The molecule has 1 saturated carbocycles. The highest BCUT2D eigenvalue weighted by molar-refractivity contribution is 8.00. The van der Waals surface area contributed by atoms with Gasteiger partial charge in [-0.05, 0) is 26.0 Å². The van der Waals surface area contributed by atoms with Crippen LogP contribution in [-0.2, 0) is 0 Å². The molecule has 0 radical (unpaired) electrons. The Morgan fingerprint density at radius 1 is 1.53 bits per heavy atom. The second-order valence-corrected chi connectivity index (χ2v) is 5.94. The van der Waals surface area contributed by atoms with E-state index in [1.165, 1.54) is 31.7 Å². The van der Waals surface area contributed by atoms with Crippen molar-refractivity contribution in [2.24, 2.45) is 0 Å². The zero-order chi connectivity index (χ0) is 12.3. The number of anilines is 1. The monoisotopic (exact) mass is 253 g/mol. The first-order valence-electron chi connectivity index (χ1n) is 6.01. The van der Waals surface area contributed by atoms with Gasteiger partial charge in [0.1, 0.15) is 11.6 Å². The molecule has 1 fully saturated rings. The van der Waals surface area contributed by atoms with E-state index in [4.69, 9.17) is 0 Å². The van der Waals surface area contributed by atoms with Crippen molar-refractivity contribution in [2.45, 2.75) is 37.4 Å². The number of aromatic amines is 1. The van der Waals surface area contributed by atoms with E-state index in [0.29, 0.717) is 16.4 Å². The summed E-state index contributed by atoms with van der Waals surface area (Å²) < 4.78 is 0.332. The zero-order valence-corrected chi connectivity index (χ0v) is 11.2. The number of nitrogens with one attached hydrogen (secondary N) is 2. The van der Waals surface area contributed by atoms with Crippen LogP contribution in [-0.4, -0.2) is 27.5 Å². The maximum Gasteiger partial charge on any atom is 0.252 e. The molecule has 2 rings (SSSR count). The number of thioether (sulfide) groups is 1. The summed E-state index contributed by atoms with van der Waals surface area (Å²) in [6.45, 7) is 2.69. The number of hydrogen-bond acceptors (Lipinski definition) is 4. The molecule has 0 amide bonds. The predicted molar refractivity (Wildman–Crippen MR) is 72.8 cm³/mol. The first kappa shape index (κ1) is 12.5. The van der Waals surface area contributed by atoms with Gasteiger partial charge in [-0.2, -0.15) is 11.8 Å². The van der Waals surface area contributed by atoms with Crippen LogP contribution in [0.3, 0.4) is 0 Å². The Labute approximate surface area is 106 Å². The molecular formula is C12H19N3OS. The quantitative estimate of drug-likeness (QED) is 0.863. The minimum atomic E-state index is -0.0929. The summed E-state index contributed by atoms with van der Waals surface area (Å²) in [4.78, 5) is 18.3. The van der Waals surface area contributed by atoms with Gasteiger partial charge >= 0.3 is 0 Å². The molecule has 5 heteroatoms. The van der Waals surface area contributed by atoms with E-state index < -0.39 is 0 Å². The summed E-state index contributed by atoms with van der Waals surface area (Å²) in [5.74, 6) is 1.34. The van der Waals surface area contributed by atoms with Crippen molar-refractivity contribution in [3.63, 3.8) is 0 Å². The highest BCUT2D eigenvalue weighted by Crippen LogP contribution is 2.40. The van der Waals surface area contributed by atoms with Crippen LogP contribution in [0.25, 0.3) is 0 Å². The smallest absolute Gasteiger partial charge is 0.252 e. The van der Waals surface area contributed by atoms with Gasteiger partial charge in [0.05, 0.1) is 0 Å². The van der Waals surface area contributed by atoms with Crippen molar-refractivity contribution in [1.82, 2.24) is 9.97 Å². The van der Waals surface area contributed by atoms with E-state index in [9.17, 15) is 4.79 Å². The van der Waals surface area contributed by atoms with Gasteiger partial charge in [-0.25, -0.2) is 4.98 Å². The normalized spacial score (nSPS) is 18.2. The summed E-state index contributed by atoms with van der Waals surface area (Å²) >= 11 is 1.93. The van der Waals surface area contributed by atoms with Gasteiger partial charge in [0.2, 0.25) is 0 Å². The molecule has 0 unspecified atom stereocenters. The molecule has 2 N–H and O–H groups in total. The Hall–Kier alpha value is -0.970. The molecule has 1 aromatic heterocycles. The van der Waals surface area contributed by atoms with Gasteiger partial charge in [-0.1, -0.05) is 12.8 Å². The number of rotatable bonds is 4. The lowest BCUT2D eigenvalue weighted by Gasteiger charge is -2.27. The largest absolute Gasteiger partial charge is 0.368 e. The molecule has 0 spiro atoms. The predicted octanol–water partition coefficient (Wildman–Crippen LogP) is 2.17. The third kappa shape index (κ3) is 3.03. The molecule has 4 nitrogen and oxygen atoms in total. The molecular weight excluding hydrogens is 234 g/mol. The van der Waals surface area contributed by atoms with Crippen molar-refractivity contribution in [3.05, 3.63) is 22.2 Å². The number of aryl methyl sites for hydroxylation is 1. The van der Waals surface area contributed by atoms with E-state index in [2.05, 4.69) is 21.5 Å². The molecule has 0 bridgehead atoms. The third-order valence-electron chi connectivity index (χ3n) is 3.40. The fraction of sp³-hybridized carbons (Fsp3) is 0.667. The Balaban J connectivity index is 2.03. The van der Waals surface area contributed by atoms with E-state index in [1.54, 1.807) is 6.92 Å². The lowest BCUT2D eigenvalue weighted by molar-refractivity contribution is 0.638. The van der Waals surface area contributed by atoms with E-state index >= 15 is 0 Å². The molecule has 0 aromatic carbocycles.